The molecule has 2 aromatic carbocycles. The molecule has 0 bridgehead atoms. The van der Waals surface area contributed by atoms with Gasteiger partial charge in [-0.15, -0.1) is 0 Å². The Hall–Kier alpha value is -4.48. The molecule has 2 aliphatic rings. The van der Waals surface area contributed by atoms with Gasteiger partial charge in [0.25, 0.3) is 0 Å². The van der Waals surface area contributed by atoms with E-state index in [0.29, 0.717) is 80.5 Å². The van der Waals surface area contributed by atoms with Crippen LogP contribution in [-0.2, 0) is 20.7 Å². The van der Waals surface area contributed by atoms with Crippen LogP contribution in [-0.4, -0.2) is 87.4 Å². The third kappa shape index (κ3) is 8.90. The summed E-state index contributed by atoms with van der Waals surface area (Å²) in [6, 6.07) is 6.82. The molecule has 48 heavy (non-hydrogen) atoms. The number of rotatable bonds is 11. The van der Waals surface area contributed by atoms with Crippen LogP contribution in [0.15, 0.2) is 29.1 Å². The molecular weight excluding hydrogens is 616 g/mol. The van der Waals surface area contributed by atoms with E-state index in [1.54, 1.807) is 38.4 Å². The molecule has 3 amide bonds. The summed E-state index contributed by atoms with van der Waals surface area (Å²) in [5.74, 6) is 1.41. The number of unbranched alkanes of at least 4 members (excludes halogenated alkanes) is 2. The standard InChI is InChI=1S/C36H50N4O8/c1-23(41)38-27-14-12-24-21-30(45-5)33(46-6)34(47-7)32(24)25-13-15-28(29(42)22-26(25)27)37-16-10-8-9-11-31(43)39-17-19-40(20-18-39)35(44)48-36(2,3)4/h13,15,21-22,27H,8-12,14,16-20H2,1-7H3,(H,37,42)(H,38,41)/t27-/m0/s1. The number of nitrogens with zero attached hydrogens (tertiary/aromatic N) is 2. The van der Waals surface area contributed by atoms with E-state index in [2.05, 4.69) is 10.6 Å². The number of piperazine rings is 1. The summed E-state index contributed by atoms with van der Waals surface area (Å²) in [5.41, 5.74) is 2.96. The van der Waals surface area contributed by atoms with Crippen LogP contribution in [0.5, 0.6) is 17.2 Å². The lowest BCUT2D eigenvalue weighted by Crippen LogP contribution is -2.51. The van der Waals surface area contributed by atoms with E-state index >= 15 is 0 Å². The van der Waals surface area contributed by atoms with Gasteiger partial charge < -0.3 is 39.4 Å². The number of aryl methyl sites for hydroxylation is 1. The van der Waals surface area contributed by atoms with E-state index in [4.69, 9.17) is 18.9 Å². The number of hydrogen-bond acceptors (Lipinski definition) is 9. The molecule has 1 fully saturated rings. The number of carbonyl (C=O) groups is 3. The second-order valence-electron chi connectivity index (χ2n) is 13.2. The normalized spacial score (nSPS) is 15.8. The molecule has 1 atom stereocenters. The van der Waals surface area contributed by atoms with Crippen molar-refractivity contribution in [3.63, 3.8) is 0 Å². The van der Waals surface area contributed by atoms with Crippen molar-refractivity contribution >= 4 is 23.6 Å². The number of hydrogen-bond donors (Lipinski definition) is 2. The highest BCUT2D eigenvalue weighted by Gasteiger charge is 2.30. The minimum atomic E-state index is -0.549. The van der Waals surface area contributed by atoms with Gasteiger partial charge in [0, 0.05) is 51.6 Å². The maximum atomic E-state index is 13.5. The Bertz CT molecular complexity index is 1550. The number of carbonyl (C=O) groups excluding carboxylic acids is 3. The molecule has 4 rings (SSSR count). The predicted molar refractivity (Wildman–Crippen MR) is 184 cm³/mol. The summed E-state index contributed by atoms with van der Waals surface area (Å²) < 4.78 is 22.5. The Kier molecular flexibility index (Phi) is 12.2. The molecule has 1 aliphatic heterocycles. The van der Waals surface area contributed by atoms with Crippen LogP contribution in [0.2, 0.25) is 0 Å². The Labute approximate surface area is 283 Å². The summed E-state index contributed by atoms with van der Waals surface area (Å²) in [5, 5.41) is 6.31. The molecule has 0 aromatic heterocycles. The number of ether oxygens (including phenoxy) is 4. The van der Waals surface area contributed by atoms with E-state index in [0.717, 1.165) is 36.0 Å². The minimum absolute atomic E-state index is 0.0870. The van der Waals surface area contributed by atoms with Gasteiger partial charge in [-0.05, 0) is 81.3 Å². The highest BCUT2D eigenvalue weighted by Crippen LogP contribution is 2.50. The van der Waals surface area contributed by atoms with Crippen molar-refractivity contribution in [2.75, 3.05) is 59.4 Å². The van der Waals surface area contributed by atoms with Crippen molar-refractivity contribution in [2.24, 2.45) is 0 Å². The molecule has 0 spiro atoms. The zero-order valence-corrected chi connectivity index (χ0v) is 29.3. The first-order valence-electron chi connectivity index (χ1n) is 16.6. The summed E-state index contributed by atoms with van der Waals surface area (Å²) in [7, 11) is 4.70. The molecule has 1 heterocycles. The van der Waals surface area contributed by atoms with Crippen molar-refractivity contribution in [2.45, 2.75) is 77.9 Å². The average Bonchev–Trinajstić information content (AvgIpc) is 3.28. The molecule has 0 radical (unpaired) electrons. The van der Waals surface area contributed by atoms with Crippen LogP contribution in [0.3, 0.4) is 0 Å². The lowest BCUT2D eigenvalue weighted by Gasteiger charge is -2.35. The number of anilines is 1. The second-order valence-corrected chi connectivity index (χ2v) is 13.2. The van der Waals surface area contributed by atoms with E-state index in [9.17, 15) is 19.2 Å². The van der Waals surface area contributed by atoms with Gasteiger partial charge in [0.2, 0.25) is 23.0 Å². The van der Waals surface area contributed by atoms with Gasteiger partial charge in [-0.25, -0.2) is 4.79 Å². The molecule has 2 N–H and O–H groups in total. The van der Waals surface area contributed by atoms with E-state index < -0.39 is 5.60 Å². The fourth-order valence-electron chi connectivity index (χ4n) is 6.28. The molecule has 262 valence electrons. The van der Waals surface area contributed by atoms with Crippen LogP contribution in [0.1, 0.15) is 77.0 Å². The first kappa shape index (κ1) is 36.4. The van der Waals surface area contributed by atoms with Crippen LogP contribution < -0.4 is 30.3 Å². The number of fused-ring (bicyclic) bond motifs is 3. The first-order chi connectivity index (χ1) is 22.9. The zero-order chi connectivity index (χ0) is 35.0. The maximum absolute atomic E-state index is 13.5. The highest BCUT2D eigenvalue weighted by atomic mass is 16.6. The number of amides is 3. The molecule has 1 aliphatic carbocycles. The molecule has 0 unspecified atom stereocenters. The van der Waals surface area contributed by atoms with Crippen LogP contribution >= 0.6 is 0 Å². The van der Waals surface area contributed by atoms with Crippen molar-refractivity contribution in [1.29, 1.82) is 0 Å². The molecule has 12 nitrogen and oxygen atoms in total. The van der Waals surface area contributed by atoms with Crippen molar-refractivity contribution in [3.05, 3.63) is 45.6 Å². The van der Waals surface area contributed by atoms with Crippen LogP contribution in [0.4, 0.5) is 10.5 Å². The zero-order valence-electron chi connectivity index (χ0n) is 29.3. The monoisotopic (exact) mass is 666 g/mol. The summed E-state index contributed by atoms with van der Waals surface area (Å²) in [6.45, 7) is 9.48. The largest absolute Gasteiger partial charge is 0.493 e. The van der Waals surface area contributed by atoms with Gasteiger partial charge in [0.05, 0.1) is 33.1 Å². The Morgan fingerprint density at radius 2 is 1.58 bits per heavy atom. The Morgan fingerprint density at radius 3 is 2.21 bits per heavy atom. The van der Waals surface area contributed by atoms with Crippen LogP contribution in [0.25, 0.3) is 11.1 Å². The second kappa shape index (κ2) is 16.1. The minimum Gasteiger partial charge on any atom is -0.493 e. The maximum Gasteiger partial charge on any atom is 0.410 e. The third-order valence-electron chi connectivity index (χ3n) is 8.58. The lowest BCUT2D eigenvalue weighted by atomic mass is 9.95. The molecule has 12 heteroatoms. The number of methoxy groups -OCH3 is 3. The van der Waals surface area contributed by atoms with Gasteiger partial charge in [-0.2, -0.15) is 0 Å². The summed E-state index contributed by atoms with van der Waals surface area (Å²) >= 11 is 0. The Morgan fingerprint density at radius 1 is 0.896 bits per heavy atom. The van der Waals surface area contributed by atoms with Gasteiger partial charge >= 0.3 is 6.09 Å². The lowest BCUT2D eigenvalue weighted by molar-refractivity contribution is -0.133. The SMILES string of the molecule is COc1cc2c(c(OC)c1OC)-c1ccc(NCCCCCC(=O)N3CCN(C(=O)OC(C)(C)C)CC3)c(=O)cc1[C@@H](NC(C)=O)CC2. The van der Waals surface area contributed by atoms with Gasteiger partial charge in [0.15, 0.2) is 11.5 Å². The van der Waals surface area contributed by atoms with Crippen molar-refractivity contribution in [3.8, 4) is 28.4 Å². The van der Waals surface area contributed by atoms with E-state index in [-0.39, 0.29) is 29.4 Å². The van der Waals surface area contributed by atoms with Crippen molar-refractivity contribution < 1.29 is 33.3 Å². The summed E-state index contributed by atoms with van der Waals surface area (Å²) in [4.78, 5) is 54.2. The molecule has 1 saturated heterocycles. The van der Waals surface area contributed by atoms with Gasteiger partial charge in [-0.1, -0.05) is 12.5 Å². The van der Waals surface area contributed by atoms with E-state index in [1.807, 2.05) is 37.8 Å². The fraction of sp³-hybridized carbons (Fsp3) is 0.556. The number of benzene rings is 1. The third-order valence-corrected chi connectivity index (χ3v) is 8.58. The van der Waals surface area contributed by atoms with Gasteiger partial charge in [0.1, 0.15) is 5.60 Å². The molecule has 2 aromatic rings. The smallest absolute Gasteiger partial charge is 0.410 e. The quantitative estimate of drug-likeness (QED) is 0.321. The molecule has 0 saturated carbocycles. The van der Waals surface area contributed by atoms with Gasteiger partial charge in [-0.3, -0.25) is 14.4 Å². The van der Waals surface area contributed by atoms with Crippen LogP contribution in [0, 0.1) is 0 Å². The Balaban J connectivity index is 1.39. The van der Waals surface area contributed by atoms with E-state index in [1.165, 1.54) is 6.92 Å². The average molecular weight is 667 g/mol. The topological polar surface area (TPSA) is 136 Å². The fourth-order valence-corrected chi connectivity index (χ4v) is 6.28. The number of nitrogens with one attached hydrogen (secondary N) is 2. The predicted octanol–water partition coefficient (Wildman–Crippen LogP) is 4.91. The van der Waals surface area contributed by atoms with Crippen molar-refractivity contribution in [1.82, 2.24) is 15.1 Å². The highest BCUT2D eigenvalue weighted by molar-refractivity contribution is 5.84. The molecular formula is C36H50N4O8. The summed E-state index contributed by atoms with van der Waals surface area (Å²) in [6.07, 6.45) is 3.63. The first-order valence-corrected chi connectivity index (χ1v) is 16.6.